The standard InChI is InChI=1S/C15H19N3O3/c1-10-2-4-11(5-3-10)15(21)17-9-14(20)18-12-6-7-13(19)16-8-12/h2-5,12H,6-9H2,1H3,(H,16,19)(H,17,21)(H,18,20). The molecule has 1 aromatic rings. The van der Waals surface area contributed by atoms with Gasteiger partial charge in [0.2, 0.25) is 11.8 Å². The number of hydrogen-bond acceptors (Lipinski definition) is 3. The number of carbonyl (C=O) groups excluding carboxylic acids is 3. The summed E-state index contributed by atoms with van der Waals surface area (Å²) in [5, 5.41) is 8.06. The molecule has 0 aromatic heterocycles. The average Bonchev–Trinajstić information content (AvgIpc) is 2.48. The molecule has 1 aliphatic rings. The van der Waals surface area contributed by atoms with E-state index in [0.29, 0.717) is 24.9 Å². The molecule has 21 heavy (non-hydrogen) atoms. The van der Waals surface area contributed by atoms with E-state index in [9.17, 15) is 14.4 Å². The number of amides is 3. The van der Waals surface area contributed by atoms with E-state index in [4.69, 9.17) is 0 Å². The van der Waals surface area contributed by atoms with E-state index in [2.05, 4.69) is 16.0 Å². The molecule has 2 rings (SSSR count). The summed E-state index contributed by atoms with van der Waals surface area (Å²) < 4.78 is 0. The van der Waals surface area contributed by atoms with E-state index in [-0.39, 0.29) is 30.3 Å². The van der Waals surface area contributed by atoms with Gasteiger partial charge in [0.15, 0.2) is 0 Å². The van der Waals surface area contributed by atoms with E-state index < -0.39 is 0 Å². The second kappa shape index (κ2) is 6.88. The van der Waals surface area contributed by atoms with Crippen LogP contribution in [0.1, 0.15) is 28.8 Å². The number of benzene rings is 1. The quantitative estimate of drug-likeness (QED) is 0.735. The van der Waals surface area contributed by atoms with Crippen LogP contribution in [0.25, 0.3) is 0 Å². The number of rotatable bonds is 4. The van der Waals surface area contributed by atoms with E-state index >= 15 is 0 Å². The van der Waals surface area contributed by atoms with Crippen molar-refractivity contribution in [3.8, 4) is 0 Å². The molecule has 6 heteroatoms. The molecule has 0 bridgehead atoms. The largest absolute Gasteiger partial charge is 0.354 e. The second-order valence-corrected chi connectivity index (χ2v) is 5.16. The van der Waals surface area contributed by atoms with E-state index in [0.717, 1.165) is 5.56 Å². The number of piperidine rings is 1. The van der Waals surface area contributed by atoms with Crippen molar-refractivity contribution in [3.05, 3.63) is 35.4 Å². The Morgan fingerprint density at radius 2 is 2.00 bits per heavy atom. The van der Waals surface area contributed by atoms with Gasteiger partial charge in [-0.1, -0.05) is 17.7 Å². The Bertz CT molecular complexity index is 530. The summed E-state index contributed by atoms with van der Waals surface area (Å²) in [6.07, 6.45) is 1.05. The van der Waals surface area contributed by atoms with Gasteiger partial charge in [-0.3, -0.25) is 14.4 Å². The third-order valence-electron chi connectivity index (χ3n) is 3.35. The van der Waals surface area contributed by atoms with Crippen molar-refractivity contribution < 1.29 is 14.4 Å². The first-order valence-electron chi connectivity index (χ1n) is 6.95. The molecule has 0 aliphatic carbocycles. The van der Waals surface area contributed by atoms with Crippen LogP contribution in [0.5, 0.6) is 0 Å². The van der Waals surface area contributed by atoms with Crippen molar-refractivity contribution >= 4 is 17.7 Å². The molecular weight excluding hydrogens is 270 g/mol. The zero-order valence-electron chi connectivity index (χ0n) is 11.9. The summed E-state index contributed by atoms with van der Waals surface area (Å²) in [6, 6.07) is 7.07. The van der Waals surface area contributed by atoms with Gasteiger partial charge in [-0.05, 0) is 25.5 Å². The topological polar surface area (TPSA) is 87.3 Å². The van der Waals surface area contributed by atoms with E-state index in [1.54, 1.807) is 12.1 Å². The first-order valence-corrected chi connectivity index (χ1v) is 6.95. The van der Waals surface area contributed by atoms with E-state index in [1.807, 2.05) is 19.1 Å². The highest BCUT2D eigenvalue weighted by Gasteiger charge is 2.19. The van der Waals surface area contributed by atoms with Gasteiger partial charge in [0.05, 0.1) is 6.54 Å². The van der Waals surface area contributed by atoms with E-state index in [1.165, 1.54) is 0 Å². The minimum Gasteiger partial charge on any atom is -0.354 e. The molecule has 1 heterocycles. The molecule has 1 aliphatic heterocycles. The molecule has 1 aromatic carbocycles. The summed E-state index contributed by atoms with van der Waals surface area (Å²) in [7, 11) is 0. The molecule has 3 N–H and O–H groups in total. The molecule has 6 nitrogen and oxygen atoms in total. The highest BCUT2D eigenvalue weighted by molar-refractivity contribution is 5.96. The Hall–Kier alpha value is -2.37. The van der Waals surface area contributed by atoms with Crippen molar-refractivity contribution in [2.75, 3.05) is 13.1 Å². The summed E-state index contributed by atoms with van der Waals surface area (Å²) in [5.41, 5.74) is 1.60. The van der Waals surface area contributed by atoms with Crippen LogP contribution in [0.2, 0.25) is 0 Å². The fraction of sp³-hybridized carbons (Fsp3) is 0.400. The van der Waals surface area contributed by atoms with Crippen molar-refractivity contribution in [1.29, 1.82) is 0 Å². The smallest absolute Gasteiger partial charge is 0.251 e. The Morgan fingerprint density at radius 1 is 1.29 bits per heavy atom. The molecule has 1 atom stereocenters. The van der Waals surface area contributed by atoms with Gasteiger partial charge in [-0.25, -0.2) is 0 Å². The second-order valence-electron chi connectivity index (χ2n) is 5.16. The van der Waals surface area contributed by atoms with Crippen LogP contribution in [0.15, 0.2) is 24.3 Å². The Morgan fingerprint density at radius 3 is 2.62 bits per heavy atom. The Kier molecular flexibility index (Phi) is 4.92. The maximum absolute atomic E-state index is 11.8. The minimum absolute atomic E-state index is 0.00757. The zero-order chi connectivity index (χ0) is 15.2. The number of nitrogens with one attached hydrogen (secondary N) is 3. The number of carbonyl (C=O) groups is 3. The van der Waals surface area contributed by atoms with Gasteiger partial charge in [0, 0.05) is 24.6 Å². The normalized spacial score (nSPS) is 17.8. The van der Waals surface area contributed by atoms with Gasteiger partial charge >= 0.3 is 0 Å². The first kappa shape index (κ1) is 15.0. The molecule has 0 saturated carbocycles. The molecule has 0 spiro atoms. The molecule has 112 valence electrons. The van der Waals surface area contributed by atoms with Gasteiger partial charge in [0.1, 0.15) is 0 Å². The van der Waals surface area contributed by atoms with Crippen LogP contribution in [-0.4, -0.2) is 36.9 Å². The summed E-state index contributed by atoms with van der Waals surface area (Å²) in [5.74, 6) is -0.521. The van der Waals surface area contributed by atoms with Gasteiger partial charge in [0.25, 0.3) is 5.91 Å². The highest BCUT2D eigenvalue weighted by Crippen LogP contribution is 2.03. The van der Waals surface area contributed by atoms with Crippen molar-refractivity contribution in [3.63, 3.8) is 0 Å². The summed E-state index contributed by atoms with van der Waals surface area (Å²) in [4.78, 5) is 34.6. The predicted molar refractivity (Wildman–Crippen MR) is 77.7 cm³/mol. The molecule has 1 fully saturated rings. The summed E-state index contributed by atoms with van der Waals surface area (Å²) in [6.45, 7) is 2.31. The Labute approximate surface area is 123 Å². The Balaban J connectivity index is 1.74. The highest BCUT2D eigenvalue weighted by atomic mass is 16.2. The molecule has 1 saturated heterocycles. The minimum atomic E-state index is -0.276. The average molecular weight is 289 g/mol. The molecule has 1 unspecified atom stereocenters. The number of aryl methyl sites for hydroxylation is 1. The van der Waals surface area contributed by atoms with Crippen LogP contribution in [-0.2, 0) is 9.59 Å². The summed E-state index contributed by atoms with van der Waals surface area (Å²) >= 11 is 0. The molecule has 0 radical (unpaired) electrons. The van der Waals surface area contributed by atoms with Crippen LogP contribution in [0.3, 0.4) is 0 Å². The molecular formula is C15H19N3O3. The van der Waals surface area contributed by atoms with Crippen LogP contribution in [0, 0.1) is 6.92 Å². The monoisotopic (exact) mass is 289 g/mol. The lowest BCUT2D eigenvalue weighted by Crippen LogP contribution is -2.50. The maximum Gasteiger partial charge on any atom is 0.251 e. The fourth-order valence-electron chi connectivity index (χ4n) is 2.10. The lowest BCUT2D eigenvalue weighted by molar-refractivity contribution is -0.125. The fourth-order valence-corrected chi connectivity index (χ4v) is 2.10. The van der Waals surface area contributed by atoms with Gasteiger partial charge < -0.3 is 16.0 Å². The maximum atomic E-state index is 11.8. The zero-order valence-corrected chi connectivity index (χ0v) is 11.9. The van der Waals surface area contributed by atoms with Crippen LogP contribution < -0.4 is 16.0 Å². The number of hydrogen-bond donors (Lipinski definition) is 3. The first-order chi connectivity index (χ1) is 10.0. The third kappa shape index (κ3) is 4.59. The van der Waals surface area contributed by atoms with Crippen LogP contribution in [0.4, 0.5) is 0 Å². The lowest BCUT2D eigenvalue weighted by Gasteiger charge is -2.23. The van der Waals surface area contributed by atoms with Crippen molar-refractivity contribution in [2.24, 2.45) is 0 Å². The van der Waals surface area contributed by atoms with Crippen molar-refractivity contribution in [2.45, 2.75) is 25.8 Å². The lowest BCUT2D eigenvalue weighted by atomic mass is 10.1. The third-order valence-corrected chi connectivity index (χ3v) is 3.35. The predicted octanol–water partition coefficient (Wildman–Crippen LogP) is 0.120. The SMILES string of the molecule is Cc1ccc(C(=O)NCC(=O)NC2CCC(=O)NC2)cc1. The van der Waals surface area contributed by atoms with Crippen LogP contribution >= 0.6 is 0 Å². The molecule has 3 amide bonds. The van der Waals surface area contributed by atoms with Gasteiger partial charge in [-0.15, -0.1) is 0 Å². The van der Waals surface area contributed by atoms with Gasteiger partial charge in [-0.2, -0.15) is 0 Å². The van der Waals surface area contributed by atoms with Crippen molar-refractivity contribution in [1.82, 2.24) is 16.0 Å².